The molecule has 94 valence electrons. The zero-order valence-corrected chi connectivity index (χ0v) is 10.8. The van der Waals surface area contributed by atoms with Gasteiger partial charge in [0.15, 0.2) is 0 Å². The zero-order chi connectivity index (χ0) is 13.0. The topological polar surface area (TPSA) is 64.4 Å². The first-order valence-corrected chi connectivity index (χ1v) is 5.61. The molecule has 0 heterocycles. The molecule has 1 atom stereocenters. The molecule has 0 spiro atoms. The summed E-state index contributed by atoms with van der Waals surface area (Å²) in [5.74, 6) is 0.679. The van der Waals surface area contributed by atoms with Gasteiger partial charge in [-0.25, -0.2) is 0 Å². The molecule has 1 rings (SSSR count). The minimum Gasteiger partial charge on any atom is -0.496 e. The maximum Gasteiger partial charge on any atom is 0.221 e. The second-order valence-electron chi connectivity index (χ2n) is 4.18. The van der Waals surface area contributed by atoms with Gasteiger partial charge < -0.3 is 15.8 Å². The van der Waals surface area contributed by atoms with E-state index in [0.29, 0.717) is 0 Å². The largest absolute Gasteiger partial charge is 0.496 e. The fraction of sp³-hybridized carbons (Fsp3) is 0.462. The number of hydrogen-bond acceptors (Lipinski definition) is 3. The smallest absolute Gasteiger partial charge is 0.221 e. The Morgan fingerprint density at radius 2 is 2.12 bits per heavy atom. The van der Waals surface area contributed by atoms with Crippen molar-refractivity contribution in [1.82, 2.24) is 5.32 Å². The normalized spacial score (nSPS) is 12.1. The molecule has 0 aliphatic heterocycles. The highest BCUT2D eigenvalue weighted by Gasteiger charge is 2.17. The van der Waals surface area contributed by atoms with Gasteiger partial charge >= 0.3 is 0 Å². The van der Waals surface area contributed by atoms with Crippen molar-refractivity contribution in [3.05, 3.63) is 28.8 Å². The van der Waals surface area contributed by atoms with Gasteiger partial charge in [0, 0.05) is 25.1 Å². The van der Waals surface area contributed by atoms with Crippen LogP contribution in [0.4, 0.5) is 0 Å². The van der Waals surface area contributed by atoms with Gasteiger partial charge in [-0.2, -0.15) is 0 Å². The van der Waals surface area contributed by atoms with Crippen molar-refractivity contribution in [2.24, 2.45) is 5.73 Å². The van der Waals surface area contributed by atoms with Crippen LogP contribution >= 0.6 is 0 Å². The summed E-state index contributed by atoms with van der Waals surface area (Å²) in [5.41, 5.74) is 9.14. The molecule has 1 aromatic carbocycles. The molecule has 0 aliphatic carbocycles. The van der Waals surface area contributed by atoms with Crippen molar-refractivity contribution in [2.75, 3.05) is 14.2 Å². The van der Waals surface area contributed by atoms with Crippen molar-refractivity contribution in [2.45, 2.75) is 26.3 Å². The summed E-state index contributed by atoms with van der Waals surface area (Å²) in [6.45, 7) is 3.98. The molecule has 1 amide bonds. The van der Waals surface area contributed by atoms with Crippen molar-refractivity contribution < 1.29 is 9.53 Å². The Kier molecular flexibility index (Phi) is 4.52. The number of benzene rings is 1. The summed E-state index contributed by atoms with van der Waals surface area (Å²) in [7, 11) is 3.22. The third-order valence-electron chi connectivity index (χ3n) is 2.77. The number of rotatable bonds is 4. The summed E-state index contributed by atoms with van der Waals surface area (Å²) in [6.07, 6.45) is 0.261. The number of carbonyl (C=O) groups is 1. The van der Waals surface area contributed by atoms with Crippen LogP contribution in [-0.4, -0.2) is 20.1 Å². The Morgan fingerprint density at radius 3 is 2.65 bits per heavy atom. The molecule has 0 saturated carbocycles. The third-order valence-corrected chi connectivity index (χ3v) is 2.77. The van der Waals surface area contributed by atoms with Gasteiger partial charge in [-0.3, -0.25) is 4.79 Å². The van der Waals surface area contributed by atoms with E-state index in [1.807, 2.05) is 26.0 Å². The van der Waals surface area contributed by atoms with Crippen LogP contribution in [0, 0.1) is 13.8 Å². The van der Waals surface area contributed by atoms with Crippen molar-refractivity contribution in [3.63, 3.8) is 0 Å². The van der Waals surface area contributed by atoms with E-state index in [1.54, 1.807) is 14.2 Å². The molecule has 1 unspecified atom stereocenters. The fourth-order valence-corrected chi connectivity index (χ4v) is 1.99. The van der Waals surface area contributed by atoms with Gasteiger partial charge in [0.1, 0.15) is 5.75 Å². The van der Waals surface area contributed by atoms with Gasteiger partial charge in [-0.15, -0.1) is 0 Å². The van der Waals surface area contributed by atoms with E-state index in [-0.39, 0.29) is 18.4 Å². The van der Waals surface area contributed by atoms with E-state index < -0.39 is 0 Å². The second-order valence-corrected chi connectivity index (χ2v) is 4.18. The standard InChI is InChI=1S/C13H20N2O2/c1-8-5-9(2)13(11(6-8)17-4)10(14)7-12(16)15-3/h5-6,10H,7,14H2,1-4H3,(H,15,16). The number of hydrogen-bond donors (Lipinski definition) is 2. The summed E-state index contributed by atoms with van der Waals surface area (Å²) < 4.78 is 5.33. The van der Waals surface area contributed by atoms with Gasteiger partial charge in [0.05, 0.1) is 7.11 Å². The Balaban J connectivity index is 3.07. The van der Waals surface area contributed by atoms with Crippen LogP contribution in [0.25, 0.3) is 0 Å². The van der Waals surface area contributed by atoms with Crippen molar-refractivity contribution in [3.8, 4) is 5.75 Å². The van der Waals surface area contributed by atoms with Crippen molar-refractivity contribution in [1.29, 1.82) is 0 Å². The number of methoxy groups -OCH3 is 1. The predicted octanol–water partition coefficient (Wildman–Crippen LogP) is 1.45. The Bertz CT molecular complexity index is 416. The molecule has 17 heavy (non-hydrogen) atoms. The number of amides is 1. The number of carbonyl (C=O) groups excluding carboxylic acids is 1. The van der Waals surface area contributed by atoms with Crippen LogP contribution < -0.4 is 15.8 Å². The van der Waals surface area contributed by atoms with E-state index in [4.69, 9.17) is 10.5 Å². The molecule has 4 nitrogen and oxygen atoms in total. The first-order chi connectivity index (χ1) is 7.99. The maximum atomic E-state index is 11.3. The molecule has 0 aliphatic rings. The molecule has 0 radical (unpaired) electrons. The summed E-state index contributed by atoms with van der Waals surface area (Å²) >= 11 is 0. The van der Waals surface area contributed by atoms with Gasteiger partial charge in [0.2, 0.25) is 5.91 Å². The van der Waals surface area contributed by atoms with E-state index >= 15 is 0 Å². The van der Waals surface area contributed by atoms with Crippen LogP contribution in [0.2, 0.25) is 0 Å². The quantitative estimate of drug-likeness (QED) is 0.831. The minimum absolute atomic E-state index is 0.0699. The number of nitrogens with one attached hydrogen (secondary N) is 1. The molecule has 4 heteroatoms. The molecule has 0 aromatic heterocycles. The van der Waals surface area contributed by atoms with E-state index in [9.17, 15) is 4.79 Å². The van der Waals surface area contributed by atoms with Gasteiger partial charge in [-0.1, -0.05) is 6.07 Å². The zero-order valence-electron chi connectivity index (χ0n) is 10.8. The van der Waals surface area contributed by atoms with Crippen LogP contribution in [0.5, 0.6) is 5.75 Å². The monoisotopic (exact) mass is 236 g/mol. The molecule has 0 fully saturated rings. The summed E-state index contributed by atoms with van der Waals surface area (Å²) in [5, 5.41) is 2.57. The van der Waals surface area contributed by atoms with Gasteiger partial charge in [-0.05, 0) is 31.0 Å². The Morgan fingerprint density at radius 1 is 1.47 bits per heavy atom. The second kappa shape index (κ2) is 5.68. The van der Waals surface area contributed by atoms with E-state index in [1.165, 1.54) is 0 Å². The first-order valence-electron chi connectivity index (χ1n) is 5.61. The Labute approximate surface area is 102 Å². The molecular formula is C13H20N2O2. The molecular weight excluding hydrogens is 216 g/mol. The lowest BCUT2D eigenvalue weighted by molar-refractivity contribution is -0.120. The highest BCUT2D eigenvalue weighted by Crippen LogP contribution is 2.30. The SMILES string of the molecule is CNC(=O)CC(N)c1c(C)cc(C)cc1OC. The van der Waals surface area contributed by atoms with Crippen LogP contribution in [0.15, 0.2) is 12.1 Å². The molecule has 0 saturated heterocycles. The maximum absolute atomic E-state index is 11.3. The van der Waals surface area contributed by atoms with Crippen LogP contribution in [0.3, 0.4) is 0 Å². The number of nitrogens with two attached hydrogens (primary N) is 1. The molecule has 0 bridgehead atoms. The fourth-order valence-electron chi connectivity index (χ4n) is 1.99. The van der Waals surface area contributed by atoms with E-state index in [0.717, 1.165) is 22.4 Å². The first kappa shape index (κ1) is 13.5. The Hall–Kier alpha value is -1.55. The average Bonchev–Trinajstić information content (AvgIpc) is 2.27. The van der Waals surface area contributed by atoms with Gasteiger partial charge in [0.25, 0.3) is 0 Å². The highest BCUT2D eigenvalue weighted by molar-refractivity contribution is 5.76. The lowest BCUT2D eigenvalue weighted by Gasteiger charge is -2.18. The van der Waals surface area contributed by atoms with Crippen molar-refractivity contribution >= 4 is 5.91 Å². The van der Waals surface area contributed by atoms with E-state index in [2.05, 4.69) is 5.32 Å². The minimum atomic E-state index is -0.342. The lowest BCUT2D eigenvalue weighted by atomic mass is 9.96. The number of aryl methyl sites for hydroxylation is 2. The summed E-state index contributed by atoms with van der Waals surface area (Å²) in [4.78, 5) is 11.3. The van der Waals surface area contributed by atoms with Crippen LogP contribution in [0.1, 0.15) is 29.2 Å². The number of ether oxygens (including phenoxy) is 1. The van der Waals surface area contributed by atoms with Crippen LogP contribution in [-0.2, 0) is 4.79 Å². The average molecular weight is 236 g/mol. The highest BCUT2D eigenvalue weighted by atomic mass is 16.5. The summed E-state index contributed by atoms with van der Waals surface area (Å²) in [6, 6.07) is 3.64. The third kappa shape index (κ3) is 3.20. The molecule has 1 aromatic rings. The molecule has 3 N–H and O–H groups in total. The predicted molar refractivity (Wildman–Crippen MR) is 68.1 cm³/mol. The lowest BCUT2D eigenvalue weighted by Crippen LogP contribution is -2.25.